The highest BCUT2D eigenvalue weighted by Gasteiger charge is 2.28. The van der Waals surface area contributed by atoms with Gasteiger partial charge in [0.1, 0.15) is 17.6 Å². The number of nitrogens with two attached hydrogens (primary N) is 1. The lowest BCUT2D eigenvalue weighted by molar-refractivity contribution is -0.0245. The molecule has 0 spiro atoms. The van der Waals surface area contributed by atoms with Gasteiger partial charge in [-0.05, 0) is 12.1 Å². The molecule has 1 saturated heterocycles. The molecule has 4 rings (SSSR count). The number of carbonyl (C=O) groups is 1. The molecule has 1 atom stereocenters. The minimum atomic E-state index is -0.375. The predicted molar refractivity (Wildman–Crippen MR) is 92.8 cm³/mol. The molecule has 0 unspecified atom stereocenters. The number of ether oxygens (including phenoxy) is 1. The van der Waals surface area contributed by atoms with E-state index in [4.69, 9.17) is 10.5 Å². The third-order valence-electron chi connectivity index (χ3n) is 4.25. The Morgan fingerprint density at radius 3 is 2.92 bits per heavy atom. The first kappa shape index (κ1) is 15.5. The summed E-state index contributed by atoms with van der Waals surface area (Å²) in [6.45, 7) is 1.32. The number of nitrogen functional groups attached to an aromatic ring is 1. The van der Waals surface area contributed by atoms with E-state index in [9.17, 15) is 4.79 Å². The molecule has 3 aromatic rings. The van der Waals surface area contributed by atoms with Crippen molar-refractivity contribution in [3.63, 3.8) is 0 Å². The molecule has 1 aliphatic heterocycles. The predicted octanol–water partition coefficient (Wildman–Crippen LogP) is 1.82. The number of fused-ring (bicyclic) bond motifs is 1. The van der Waals surface area contributed by atoms with E-state index in [0.717, 1.165) is 10.9 Å². The van der Waals surface area contributed by atoms with Gasteiger partial charge in [0.2, 0.25) is 0 Å². The highest BCUT2D eigenvalue weighted by molar-refractivity contribution is 5.97. The molecule has 3 heterocycles. The Balaban J connectivity index is 1.58. The summed E-state index contributed by atoms with van der Waals surface area (Å²) >= 11 is 0. The molecular formula is C18H17N5O2. The second-order valence-electron chi connectivity index (χ2n) is 5.85. The van der Waals surface area contributed by atoms with Gasteiger partial charge in [-0.2, -0.15) is 0 Å². The van der Waals surface area contributed by atoms with Gasteiger partial charge in [0.15, 0.2) is 0 Å². The van der Waals surface area contributed by atoms with Gasteiger partial charge in [-0.25, -0.2) is 4.98 Å². The molecule has 1 aliphatic rings. The van der Waals surface area contributed by atoms with Crippen LogP contribution in [0, 0.1) is 0 Å². The number of nitrogens with zero attached hydrogens (tertiary/aromatic N) is 4. The Bertz CT molecular complexity index is 930. The third kappa shape index (κ3) is 3.01. The summed E-state index contributed by atoms with van der Waals surface area (Å²) < 4.78 is 5.74. The molecule has 0 radical (unpaired) electrons. The summed E-state index contributed by atoms with van der Waals surface area (Å²) in [7, 11) is 0. The summed E-state index contributed by atoms with van der Waals surface area (Å²) in [5.41, 5.74) is 7.87. The van der Waals surface area contributed by atoms with Crippen LogP contribution in [-0.2, 0) is 4.74 Å². The van der Waals surface area contributed by atoms with Gasteiger partial charge in [-0.15, -0.1) is 0 Å². The van der Waals surface area contributed by atoms with Crippen molar-refractivity contribution < 1.29 is 9.53 Å². The number of anilines is 1. The average molecular weight is 335 g/mol. The minimum absolute atomic E-state index is 0.0750. The fraction of sp³-hybridized carbons (Fsp3) is 0.222. The average Bonchev–Trinajstić information content (AvgIpc) is 2.67. The van der Waals surface area contributed by atoms with Crippen molar-refractivity contribution in [3.8, 4) is 0 Å². The summed E-state index contributed by atoms with van der Waals surface area (Å²) in [6, 6.07) is 9.59. The van der Waals surface area contributed by atoms with E-state index in [0.29, 0.717) is 36.8 Å². The largest absolute Gasteiger partial charge is 0.382 e. The van der Waals surface area contributed by atoms with Gasteiger partial charge in [0.05, 0.1) is 24.2 Å². The monoisotopic (exact) mass is 335 g/mol. The van der Waals surface area contributed by atoms with Crippen LogP contribution in [0.5, 0.6) is 0 Å². The third-order valence-corrected chi connectivity index (χ3v) is 4.25. The van der Waals surface area contributed by atoms with Gasteiger partial charge < -0.3 is 15.4 Å². The number of benzene rings is 1. The molecule has 0 aliphatic carbocycles. The number of aromatic nitrogens is 3. The molecule has 7 nitrogen and oxygen atoms in total. The fourth-order valence-corrected chi connectivity index (χ4v) is 2.98. The standard InChI is InChI=1S/C18H17N5O2/c19-17-16(20-5-6-21-17)15-11-23(7-8-25-15)18(24)13-9-12-3-1-2-4-14(12)22-10-13/h1-6,9-10,15H,7-8,11H2,(H2,19,21)/t15-/m1/s1. The summed E-state index contributed by atoms with van der Waals surface area (Å²) in [6.07, 6.45) is 4.35. The molecule has 0 bridgehead atoms. The first-order chi connectivity index (χ1) is 12.2. The molecule has 2 N–H and O–H groups in total. The van der Waals surface area contributed by atoms with Crippen LogP contribution in [0.25, 0.3) is 10.9 Å². The number of pyridine rings is 1. The molecule has 126 valence electrons. The molecular weight excluding hydrogens is 318 g/mol. The van der Waals surface area contributed by atoms with E-state index in [1.54, 1.807) is 17.3 Å². The van der Waals surface area contributed by atoms with Crippen LogP contribution in [-0.4, -0.2) is 45.5 Å². The van der Waals surface area contributed by atoms with Gasteiger partial charge in [0.25, 0.3) is 5.91 Å². The zero-order chi connectivity index (χ0) is 17.2. The highest BCUT2D eigenvalue weighted by atomic mass is 16.5. The first-order valence-electron chi connectivity index (χ1n) is 8.04. The van der Waals surface area contributed by atoms with E-state index in [1.165, 1.54) is 6.20 Å². The number of morpholine rings is 1. The number of amides is 1. The van der Waals surface area contributed by atoms with Crippen molar-refractivity contribution in [1.82, 2.24) is 19.9 Å². The summed E-state index contributed by atoms with van der Waals surface area (Å²) in [5.74, 6) is 0.253. The van der Waals surface area contributed by atoms with E-state index in [-0.39, 0.29) is 12.0 Å². The molecule has 1 fully saturated rings. The first-order valence-corrected chi connectivity index (χ1v) is 8.04. The van der Waals surface area contributed by atoms with Crippen LogP contribution in [0.3, 0.4) is 0 Å². The van der Waals surface area contributed by atoms with Crippen molar-refractivity contribution >= 4 is 22.6 Å². The van der Waals surface area contributed by atoms with Gasteiger partial charge in [-0.1, -0.05) is 18.2 Å². The van der Waals surface area contributed by atoms with Crippen LogP contribution >= 0.6 is 0 Å². The maximum absolute atomic E-state index is 12.9. The van der Waals surface area contributed by atoms with Crippen molar-refractivity contribution in [1.29, 1.82) is 0 Å². The molecule has 2 aromatic heterocycles. The Hall–Kier alpha value is -3.06. The Labute approximate surface area is 144 Å². The zero-order valence-electron chi connectivity index (χ0n) is 13.5. The Kier molecular flexibility index (Phi) is 3.99. The van der Waals surface area contributed by atoms with Crippen molar-refractivity contribution in [3.05, 3.63) is 60.2 Å². The molecule has 1 amide bonds. The number of hydrogen-bond donors (Lipinski definition) is 1. The van der Waals surface area contributed by atoms with Crippen molar-refractivity contribution in [2.24, 2.45) is 0 Å². The van der Waals surface area contributed by atoms with Crippen molar-refractivity contribution in [2.45, 2.75) is 6.10 Å². The van der Waals surface area contributed by atoms with Gasteiger partial charge >= 0.3 is 0 Å². The van der Waals surface area contributed by atoms with Crippen LogP contribution in [0.15, 0.2) is 48.9 Å². The number of rotatable bonds is 2. The van der Waals surface area contributed by atoms with E-state index >= 15 is 0 Å². The van der Waals surface area contributed by atoms with Crippen LogP contribution in [0.4, 0.5) is 5.82 Å². The topological polar surface area (TPSA) is 94.2 Å². The van der Waals surface area contributed by atoms with Crippen LogP contribution < -0.4 is 5.73 Å². The van der Waals surface area contributed by atoms with Gasteiger partial charge in [-0.3, -0.25) is 14.8 Å². The highest BCUT2D eigenvalue weighted by Crippen LogP contribution is 2.25. The smallest absolute Gasteiger partial charge is 0.255 e. The Morgan fingerprint density at radius 1 is 1.20 bits per heavy atom. The summed E-state index contributed by atoms with van der Waals surface area (Å²) in [5, 5.41) is 0.941. The number of hydrogen-bond acceptors (Lipinski definition) is 6. The maximum atomic E-state index is 12.9. The second kappa shape index (κ2) is 6.45. The minimum Gasteiger partial charge on any atom is -0.382 e. The van der Waals surface area contributed by atoms with E-state index < -0.39 is 0 Å². The number of carbonyl (C=O) groups excluding carboxylic acids is 1. The molecule has 0 saturated carbocycles. The van der Waals surface area contributed by atoms with E-state index in [1.807, 2.05) is 30.3 Å². The van der Waals surface area contributed by atoms with Crippen LogP contribution in [0.2, 0.25) is 0 Å². The van der Waals surface area contributed by atoms with Crippen LogP contribution in [0.1, 0.15) is 22.2 Å². The molecule has 25 heavy (non-hydrogen) atoms. The fourth-order valence-electron chi connectivity index (χ4n) is 2.98. The lowest BCUT2D eigenvalue weighted by Gasteiger charge is -2.32. The normalized spacial score (nSPS) is 17.6. The van der Waals surface area contributed by atoms with Crippen molar-refractivity contribution in [2.75, 3.05) is 25.4 Å². The van der Waals surface area contributed by atoms with E-state index in [2.05, 4.69) is 15.0 Å². The lowest BCUT2D eigenvalue weighted by atomic mass is 10.1. The SMILES string of the molecule is Nc1nccnc1[C@H]1CN(C(=O)c2cnc3ccccc3c2)CCO1. The maximum Gasteiger partial charge on any atom is 0.255 e. The lowest BCUT2D eigenvalue weighted by Crippen LogP contribution is -2.42. The second-order valence-corrected chi connectivity index (χ2v) is 5.85. The van der Waals surface area contributed by atoms with Gasteiger partial charge in [0, 0.05) is 30.5 Å². The molecule has 7 heteroatoms. The quantitative estimate of drug-likeness (QED) is 0.768. The Morgan fingerprint density at radius 2 is 2.04 bits per heavy atom. The zero-order valence-corrected chi connectivity index (χ0v) is 13.5. The molecule has 1 aromatic carbocycles. The summed E-state index contributed by atoms with van der Waals surface area (Å²) in [4.78, 5) is 27.3. The number of para-hydroxylation sites is 1.